The number of ether oxygens (including phenoxy) is 1. The molecule has 0 spiro atoms. The summed E-state index contributed by atoms with van der Waals surface area (Å²) >= 11 is 11.4. The van der Waals surface area contributed by atoms with Crippen LogP contribution in [0.15, 0.2) is 12.1 Å². The van der Waals surface area contributed by atoms with Crippen LogP contribution in [-0.4, -0.2) is 11.5 Å². The van der Waals surface area contributed by atoms with Gasteiger partial charge in [0, 0.05) is 0 Å². The normalized spacial score (nSPS) is 10.1. The highest BCUT2D eigenvalue weighted by Gasteiger charge is 2.21. The van der Waals surface area contributed by atoms with Crippen molar-refractivity contribution in [1.29, 1.82) is 0 Å². The summed E-state index contributed by atoms with van der Waals surface area (Å²) in [6.07, 6.45) is 0.798. The minimum absolute atomic E-state index is 0.00819. The van der Waals surface area contributed by atoms with Crippen LogP contribution in [0.3, 0.4) is 0 Å². The summed E-state index contributed by atoms with van der Waals surface area (Å²) in [6, 6.07) is 2.92. The second-order valence-electron chi connectivity index (χ2n) is 2.81. The Bertz CT molecular complexity index is 382. The van der Waals surface area contributed by atoms with Gasteiger partial charge in [0.25, 0.3) is 0 Å². The van der Waals surface area contributed by atoms with E-state index < -0.39 is 4.92 Å². The molecule has 1 aromatic rings. The third-order valence-electron chi connectivity index (χ3n) is 1.68. The number of benzene rings is 1. The molecule has 0 aromatic heterocycles. The summed E-state index contributed by atoms with van der Waals surface area (Å²) in [4.78, 5) is 10.0. The first-order valence-electron chi connectivity index (χ1n) is 4.33. The Labute approximate surface area is 96.9 Å². The fraction of sp³-hybridized carbons (Fsp3) is 0.333. The second kappa shape index (κ2) is 5.19. The monoisotopic (exact) mass is 249 g/mol. The summed E-state index contributed by atoms with van der Waals surface area (Å²) in [6.45, 7) is 2.39. The van der Waals surface area contributed by atoms with E-state index in [9.17, 15) is 10.1 Å². The van der Waals surface area contributed by atoms with Crippen LogP contribution in [0.4, 0.5) is 5.69 Å². The first-order valence-corrected chi connectivity index (χ1v) is 5.08. The largest absolute Gasteiger partial charge is 0.492 e. The third kappa shape index (κ3) is 2.73. The molecule has 0 aliphatic carbocycles. The van der Waals surface area contributed by atoms with Gasteiger partial charge in [-0.05, 0) is 18.6 Å². The van der Waals surface area contributed by atoms with Crippen molar-refractivity contribution in [3.05, 3.63) is 32.3 Å². The lowest BCUT2D eigenvalue weighted by atomic mass is 10.3. The predicted molar refractivity (Wildman–Crippen MR) is 58.9 cm³/mol. The van der Waals surface area contributed by atoms with E-state index in [4.69, 9.17) is 27.9 Å². The number of nitro benzene ring substituents is 1. The van der Waals surface area contributed by atoms with E-state index in [0.29, 0.717) is 6.61 Å². The summed E-state index contributed by atoms with van der Waals surface area (Å²) in [5.74, 6) is 0.287. The lowest BCUT2D eigenvalue weighted by molar-refractivity contribution is -0.384. The molecule has 0 amide bonds. The highest BCUT2D eigenvalue weighted by Crippen LogP contribution is 2.39. The van der Waals surface area contributed by atoms with Crippen molar-refractivity contribution < 1.29 is 9.66 Å². The van der Waals surface area contributed by atoms with E-state index in [1.165, 1.54) is 12.1 Å². The van der Waals surface area contributed by atoms with Gasteiger partial charge in [0.15, 0.2) is 5.02 Å². The zero-order valence-corrected chi connectivity index (χ0v) is 9.51. The summed E-state index contributed by atoms with van der Waals surface area (Å²) < 4.78 is 5.24. The zero-order valence-electron chi connectivity index (χ0n) is 8.00. The van der Waals surface area contributed by atoms with E-state index in [2.05, 4.69) is 0 Å². The minimum Gasteiger partial charge on any atom is -0.492 e. The van der Waals surface area contributed by atoms with Gasteiger partial charge in [-0.1, -0.05) is 30.1 Å². The van der Waals surface area contributed by atoms with Crippen molar-refractivity contribution >= 4 is 28.9 Å². The van der Waals surface area contributed by atoms with E-state index >= 15 is 0 Å². The number of rotatable bonds is 4. The van der Waals surface area contributed by atoms with Crippen molar-refractivity contribution in [1.82, 2.24) is 0 Å². The van der Waals surface area contributed by atoms with Crippen LogP contribution in [0.2, 0.25) is 10.0 Å². The molecule has 82 valence electrons. The second-order valence-corrected chi connectivity index (χ2v) is 3.60. The van der Waals surface area contributed by atoms with Crippen LogP contribution < -0.4 is 4.74 Å². The molecular formula is C9H9Cl2NO3. The number of halogens is 2. The number of nitrogens with zero attached hydrogens (tertiary/aromatic N) is 1. The Kier molecular flexibility index (Phi) is 4.17. The Morgan fingerprint density at radius 1 is 1.47 bits per heavy atom. The molecule has 6 heteroatoms. The molecule has 0 saturated carbocycles. The zero-order chi connectivity index (χ0) is 11.4. The first-order chi connectivity index (χ1) is 7.07. The van der Waals surface area contributed by atoms with Gasteiger partial charge in [-0.3, -0.25) is 10.1 Å². The van der Waals surface area contributed by atoms with Crippen molar-refractivity contribution in [2.45, 2.75) is 13.3 Å². The van der Waals surface area contributed by atoms with Gasteiger partial charge in [-0.15, -0.1) is 0 Å². The van der Waals surface area contributed by atoms with Gasteiger partial charge in [0.2, 0.25) is 0 Å². The minimum atomic E-state index is -0.622. The molecule has 0 aliphatic heterocycles. The molecule has 1 rings (SSSR count). The quantitative estimate of drug-likeness (QED) is 0.604. The van der Waals surface area contributed by atoms with E-state index in [0.717, 1.165) is 6.42 Å². The SMILES string of the molecule is CCCOc1ccc(Cl)c([N+](=O)[O-])c1Cl. The maximum Gasteiger partial charge on any atom is 0.310 e. The van der Waals surface area contributed by atoms with Gasteiger partial charge in [0.05, 0.1) is 11.5 Å². The smallest absolute Gasteiger partial charge is 0.310 e. The topological polar surface area (TPSA) is 52.4 Å². The van der Waals surface area contributed by atoms with Crippen LogP contribution in [0, 0.1) is 10.1 Å². The Morgan fingerprint density at radius 3 is 2.67 bits per heavy atom. The number of hydrogen-bond donors (Lipinski definition) is 0. The lowest BCUT2D eigenvalue weighted by Crippen LogP contribution is -1.98. The van der Waals surface area contributed by atoms with Crippen LogP contribution in [0.25, 0.3) is 0 Å². The molecular weight excluding hydrogens is 241 g/mol. The Balaban J connectivity index is 3.11. The molecule has 0 aliphatic rings. The van der Waals surface area contributed by atoms with Crippen LogP contribution in [0.1, 0.15) is 13.3 Å². The molecule has 0 radical (unpaired) electrons. The summed E-state index contributed by atoms with van der Waals surface area (Å²) in [5.41, 5.74) is -0.313. The fourth-order valence-corrected chi connectivity index (χ4v) is 1.58. The number of hydrogen-bond acceptors (Lipinski definition) is 3. The molecule has 0 saturated heterocycles. The van der Waals surface area contributed by atoms with Crippen molar-refractivity contribution in [3.63, 3.8) is 0 Å². The first kappa shape index (κ1) is 12.1. The van der Waals surface area contributed by atoms with Crippen LogP contribution in [0.5, 0.6) is 5.75 Å². The lowest BCUT2D eigenvalue weighted by Gasteiger charge is -2.07. The molecule has 0 bridgehead atoms. The standard InChI is InChI=1S/C9H9Cl2NO3/c1-2-5-15-7-4-3-6(10)9(8(7)11)12(13)14/h3-4H,2,5H2,1H3. The van der Waals surface area contributed by atoms with Crippen molar-refractivity contribution in [2.75, 3.05) is 6.61 Å². The molecule has 0 unspecified atom stereocenters. The van der Waals surface area contributed by atoms with Crippen molar-refractivity contribution in [2.24, 2.45) is 0 Å². The van der Waals surface area contributed by atoms with Gasteiger partial charge >= 0.3 is 5.69 Å². The molecule has 0 heterocycles. The van der Waals surface area contributed by atoms with Gasteiger partial charge in [-0.2, -0.15) is 0 Å². The highest BCUT2D eigenvalue weighted by molar-refractivity contribution is 6.39. The average Bonchev–Trinajstić information content (AvgIpc) is 2.16. The summed E-state index contributed by atoms with van der Waals surface area (Å²) in [5, 5.41) is 10.6. The van der Waals surface area contributed by atoms with Gasteiger partial charge < -0.3 is 4.74 Å². The maximum absolute atomic E-state index is 10.6. The van der Waals surface area contributed by atoms with Crippen LogP contribution in [-0.2, 0) is 0 Å². The molecule has 0 atom stereocenters. The van der Waals surface area contributed by atoms with E-state index in [1.54, 1.807) is 0 Å². The molecule has 15 heavy (non-hydrogen) atoms. The van der Waals surface area contributed by atoms with Gasteiger partial charge in [-0.25, -0.2) is 0 Å². The highest BCUT2D eigenvalue weighted by atomic mass is 35.5. The van der Waals surface area contributed by atoms with Crippen LogP contribution >= 0.6 is 23.2 Å². The Hall–Kier alpha value is -1.00. The van der Waals surface area contributed by atoms with Gasteiger partial charge in [0.1, 0.15) is 10.8 Å². The van der Waals surface area contributed by atoms with E-state index in [1.807, 2.05) is 6.92 Å². The molecule has 4 nitrogen and oxygen atoms in total. The molecule has 0 fully saturated rings. The Morgan fingerprint density at radius 2 is 2.13 bits per heavy atom. The van der Waals surface area contributed by atoms with Crippen molar-refractivity contribution in [3.8, 4) is 5.75 Å². The average molecular weight is 250 g/mol. The predicted octanol–water partition coefficient (Wildman–Crippen LogP) is 3.69. The fourth-order valence-electron chi connectivity index (χ4n) is 1.01. The number of nitro groups is 1. The summed E-state index contributed by atoms with van der Waals surface area (Å²) in [7, 11) is 0. The molecule has 0 N–H and O–H groups in total. The maximum atomic E-state index is 10.6. The van der Waals surface area contributed by atoms with E-state index in [-0.39, 0.29) is 21.5 Å². The molecule has 1 aromatic carbocycles. The third-order valence-corrected chi connectivity index (χ3v) is 2.35.